The van der Waals surface area contributed by atoms with Gasteiger partial charge >= 0.3 is 12.1 Å². The van der Waals surface area contributed by atoms with Crippen molar-refractivity contribution in [2.45, 2.75) is 46.0 Å². The average molecular weight is 470 g/mol. The first kappa shape index (κ1) is 24.3. The maximum atomic E-state index is 13.2. The zero-order chi connectivity index (χ0) is 24.0. The van der Waals surface area contributed by atoms with Crippen molar-refractivity contribution in [1.82, 2.24) is 10.2 Å². The summed E-state index contributed by atoms with van der Waals surface area (Å²) in [5.74, 6) is 0.547. The smallest absolute Gasteiger partial charge is 0.425 e. The van der Waals surface area contributed by atoms with Crippen LogP contribution < -0.4 is 9.64 Å². The number of rotatable bonds is 7. The number of H-pyrrole nitrogens is 1. The standard InChI is InChI=1S/C25H28ClN3O4/c1-5-32-23(30)15-8-17-6-11-19(12-7-17)29(22-16-21(27-28-22)25(2,3)4)24(31)33-20-13-9-18(26)10-14-20/h6-7,9-14,16H,5,8,15H2,1-4H3,(H,27,28). The molecule has 3 aromatic rings. The van der Waals surface area contributed by atoms with Crippen LogP contribution in [0.5, 0.6) is 5.75 Å². The maximum absolute atomic E-state index is 13.2. The summed E-state index contributed by atoms with van der Waals surface area (Å²) in [4.78, 5) is 26.2. The van der Waals surface area contributed by atoms with E-state index in [1.54, 1.807) is 43.3 Å². The predicted molar refractivity (Wildman–Crippen MR) is 128 cm³/mol. The molecule has 0 fully saturated rings. The van der Waals surface area contributed by atoms with Crippen molar-refractivity contribution < 1.29 is 19.1 Å². The van der Waals surface area contributed by atoms with Gasteiger partial charge in [0.15, 0.2) is 5.82 Å². The number of aromatic nitrogens is 2. The first-order valence-corrected chi connectivity index (χ1v) is 11.1. The van der Waals surface area contributed by atoms with Crippen LogP contribution in [-0.4, -0.2) is 28.9 Å². The van der Waals surface area contributed by atoms with Crippen molar-refractivity contribution in [3.05, 3.63) is 70.9 Å². The molecule has 33 heavy (non-hydrogen) atoms. The normalized spacial score (nSPS) is 11.2. The van der Waals surface area contributed by atoms with Gasteiger partial charge in [0.05, 0.1) is 12.3 Å². The Labute approximate surface area is 198 Å². The monoisotopic (exact) mass is 469 g/mol. The highest BCUT2D eigenvalue weighted by Gasteiger charge is 2.25. The van der Waals surface area contributed by atoms with Gasteiger partial charge < -0.3 is 9.47 Å². The first-order chi connectivity index (χ1) is 15.7. The molecule has 1 N–H and O–H groups in total. The molecular weight excluding hydrogens is 442 g/mol. The lowest BCUT2D eigenvalue weighted by atomic mass is 9.92. The van der Waals surface area contributed by atoms with Crippen LogP contribution in [0.25, 0.3) is 0 Å². The molecule has 7 nitrogen and oxygen atoms in total. The van der Waals surface area contributed by atoms with Crippen LogP contribution in [0.15, 0.2) is 54.6 Å². The van der Waals surface area contributed by atoms with Gasteiger partial charge in [-0.1, -0.05) is 44.5 Å². The second-order valence-corrected chi connectivity index (χ2v) is 8.96. The number of hydrogen-bond acceptors (Lipinski definition) is 5. The second-order valence-electron chi connectivity index (χ2n) is 8.52. The van der Waals surface area contributed by atoms with E-state index in [9.17, 15) is 9.59 Å². The number of benzene rings is 2. The van der Waals surface area contributed by atoms with E-state index in [0.29, 0.717) is 41.7 Å². The third kappa shape index (κ3) is 6.58. The Morgan fingerprint density at radius 1 is 1.06 bits per heavy atom. The number of nitrogens with zero attached hydrogens (tertiary/aromatic N) is 2. The average Bonchev–Trinajstić information content (AvgIpc) is 3.25. The molecule has 0 aliphatic rings. The number of aryl methyl sites for hydroxylation is 1. The molecule has 0 saturated carbocycles. The van der Waals surface area contributed by atoms with Crippen molar-refractivity contribution in [3.63, 3.8) is 0 Å². The Morgan fingerprint density at radius 3 is 2.30 bits per heavy atom. The molecule has 0 unspecified atom stereocenters. The van der Waals surface area contributed by atoms with Gasteiger partial charge in [-0.15, -0.1) is 0 Å². The largest absolute Gasteiger partial charge is 0.466 e. The molecule has 1 aromatic heterocycles. The van der Waals surface area contributed by atoms with Crippen molar-refractivity contribution in [1.29, 1.82) is 0 Å². The zero-order valence-electron chi connectivity index (χ0n) is 19.2. The lowest BCUT2D eigenvalue weighted by molar-refractivity contribution is -0.143. The highest BCUT2D eigenvalue weighted by Crippen LogP contribution is 2.30. The summed E-state index contributed by atoms with van der Waals surface area (Å²) in [6, 6.07) is 15.7. The lowest BCUT2D eigenvalue weighted by Gasteiger charge is -2.20. The Hall–Kier alpha value is -3.32. The minimum absolute atomic E-state index is 0.173. The summed E-state index contributed by atoms with van der Waals surface area (Å²) in [6.07, 6.45) is 0.234. The number of amides is 1. The molecule has 8 heteroatoms. The highest BCUT2D eigenvalue weighted by molar-refractivity contribution is 6.30. The molecular formula is C25H28ClN3O4. The van der Waals surface area contributed by atoms with E-state index in [4.69, 9.17) is 21.1 Å². The molecule has 1 heterocycles. The first-order valence-electron chi connectivity index (χ1n) is 10.8. The van der Waals surface area contributed by atoms with Crippen LogP contribution in [-0.2, 0) is 21.4 Å². The van der Waals surface area contributed by atoms with Gasteiger partial charge in [0.1, 0.15) is 5.75 Å². The third-order valence-corrected chi connectivity index (χ3v) is 5.17. The van der Waals surface area contributed by atoms with Gasteiger partial charge in [-0.25, -0.2) is 9.69 Å². The molecule has 0 spiro atoms. The van der Waals surface area contributed by atoms with Gasteiger partial charge in [-0.05, 0) is 55.3 Å². The number of halogens is 1. The number of nitrogens with one attached hydrogen (secondary N) is 1. The second kappa shape index (κ2) is 10.5. The highest BCUT2D eigenvalue weighted by atomic mass is 35.5. The van der Waals surface area contributed by atoms with Gasteiger partial charge in [0.25, 0.3) is 0 Å². The molecule has 0 saturated heterocycles. The number of ether oxygens (including phenoxy) is 2. The lowest BCUT2D eigenvalue weighted by Crippen LogP contribution is -2.29. The fourth-order valence-corrected chi connectivity index (χ4v) is 3.21. The number of aromatic amines is 1. The Morgan fingerprint density at radius 2 is 1.73 bits per heavy atom. The number of carbonyl (C=O) groups excluding carboxylic acids is 2. The summed E-state index contributed by atoms with van der Waals surface area (Å²) in [5, 5.41) is 7.91. The van der Waals surface area contributed by atoms with Crippen LogP contribution in [0.3, 0.4) is 0 Å². The quantitative estimate of drug-likeness (QED) is 0.417. The van der Waals surface area contributed by atoms with E-state index >= 15 is 0 Å². The third-order valence-electron chi connectivity index (χ3n) is 4.92. The van der Waals surface area contributed by atoms with E-state index in [1.807, 2.05) is 18.2 Å². The Balaban J connectivity index is 1.86. The van der Waals surface area contributed by atoms with Crippen molar-refractivity contribution in [2.24, 2.45) is 0 Å². The van der Waals surface area contributed by atoms with E-state index in [-0.39, 0.29) is 11.4 Å². The minimum Gasteiger partial charge on any atom is -0.466 e. The van der Waals surface area contributed by atoms with Crippen LogP contribution in [0.2, 0.25) is 5.02 Å². The number of anilines is 2. The summed E-state index contributed by atoms with van der Waals surface area (Å²) in [5.41, 5.74) is 2.25. The van der Waals surface area contributed by atoms with Crippen molar-refractivity contribution in [3.8, 4) is 5.75 Å². The van der Waals surface area contributed by atoms with E-state index in [1.165, 1.54) is 4.90 Å². The van der Waals surface area contributed by atoms with E-state index in [2.05, 4.69) is 31.0 Å². The fraction of sp³-hybridized carbons (Fsp3) is 0.320. The van der Waals surface area contributed by atoms with Gasteiger partial charge in [-0.2, -0.15) is 5.10 Å². The van der Waals surface area contributed by atoms with Gasteiger partial charge in [-0.3, -0.25) is 9.89 Å². The van der Waals surface area contributed by atoms with Crippen molar-refractivity contribution in [2.75, 3.05) is 11.5 Å². The predicted octanol–water partition coefficient (Wildman–Crippen LogP) is 6.19. The SMILES string of the molecule is CCOC(=O)CCc1ccc(N(C(=O)Oc2ccc(Cl)cc2)c2cc(C(C)(C)C)[nH]n2)cc1. The maximum Gasteiger partial charge on any atom is 0.425 e. The summed E-state index contributed by atoms with van der Waals surface area (Å²) >= 11 is 5.93. The summed E-state index contributed by atoms with van der Waals surface area (Å²) in [6.45, 7) is 8.31. The van der Waals surface area contributed by atoms with E-state index < -0.39 is 6.09 Å². The molecule has 174 valence electrons. The zero-order valence-corrected chi connectivity index (χ0v) is 20.0. The Kier molecular flexibility index (Phi) is 7.76. The minimum atomic E-state index is -0.608. The summed E-state index contributed by atoms with van der Waals surface area (Å²) < 4.78 is 10.6. The van der Waals surface area contributed by atoms with Crippen LogP contribution in [0.1, 0.15) is 45.4 Å². The van der Waals surface area contributed by atoms with Gasteiger partial charge in [0, 0.05) is 28.6 Å². The molecule has 2 aromatic carbocycles. The van der Waals surface area contributed by atoms with Crippen molar-refractivity contribution >= 4 is 35.2 Å². The van der Waals surface area contributed by atoms with Gasteiger partial charge in [0.2, 0.25) is 0 Å². The molecule has 0 aliphatic heterocycles. The Bertz CT molecular complexity index is 1090. The fourth-order valence-electron chi connectivity index (χ4n) is 3.08. The molecule has 1 amide bonds. The molecule has 0 atom stereocenters. The molecule has 0 bridgehead atoms. The number of hydrogen-bond donors (Lipinski definition) is 1. The van der Waals surface area contributed by atoms with Crippen LogP contribution in [0, 0.1) is 0 Å². The topological polar surface area (TPSA) is 84.5 Å². The molecule has 0 aliphatic carbocycles. The number of esters is 1. The van der Waals surface area contributed by atoms with E-state index in [0.717, 1.165) is 11.3 Å². The summed E-state index contributed by atoms with van der Waals surface area (Å²) in [7, 11) is 0. The molecule has 0 radical (unpaired) electrons. The molecule has 3 rings (SSSR count). The van der Waals surface area contributed by atoms with Crippen LogP contribution >= 0.6 is 11.6 Å². The van der Waals surface area contributed by atoms with Crippen LogP contribution in [0.4, 0.5) is 16.3 Å². The number of carbonyl (C=O) groups is 2.